The van der Waals surface area contributed by atoms with Crippen LogP contribution in [-0.2, 0) is 9.59 Å². The summed E-state index contributed by atoms with van der Waals surface area (Å²) in [5.41, 5.74) is 1.46. The van der Waals surface area contributed by atoms with Crippen molar-refractivity contribution in [1.29, 1.82) is 0 Å². The van der Waals surface area contributed by atoms with Gasteiger partial charge in [-0.15, -0.1) is 0 Å². The van der Waals surface area contributed by atoms with Gasteiger partial charge in [0.1, 0.15) is 5.75 Å². The standard InChI is InChI=1S/C25H21NO5/c1-31-18-9-7-15(8-10-18)19-14-21(28)23-22(16-5-3-2-4-6-16)24(26(29)30)20-13-17(27)11-12-25(19,20)23/h2-12,14,20,22-24H,13H2,1H3/t20-,22-,23-,24+,25+/m1/s1. The minimum Gasteiger partial charge on any atom is -0.497 e. The molecule has 0 unspecified atom stereocenters. The lowest BCUT2D eigenvalue weighted by Crippen LogP contribution is -2.39. The molecule has 5 rings (SSSR count). The van der Waals surface area contributed by atoms with Gasteiger partial charge in [0.15, 0.2) is 11.6 Å². The van der Waals surface area contributed by atoms with Gasteiger partial charge >= 0.3 is 0 Å². The second kappa shape index (κ2) is 7.01. The van der Waals surface area contributed by atoms with E-state index in [9.17, 15) is 19.7 Å². The molecule has 1 saturated carbocycles. The fourth-order valence-corrected chi connectivity index (χ4v) is 5.96. The molecule has 2 aromatic rings. The van der Waals surface area contributed by atoms with Crippen molar-refractivity contribution in [3.05, 3.63) is 94.1 Å². The molecule has 0 aliphatic heterocycles. The zero-order valence-electron chi connectivity index (χ0n) is 16.9. The lowest BCUT2D eigenvalue weighted by Gasteiger charge is -2.37. The van der Waals surface area contributed by atoms with Crippen LogP contribution in [0.15, 0.2) is 72.8 Å². The summed E-state index contributed by atoms with van der Waals surface area (Å²) in [7, 11) is 1.58. The molecule has 3 aliphatic carbocycles. The van der Waals surface area contributed by atoms with E-state index in [4.69, 9.17) is 4.74 Å². The number of carbonyl (C=O) groups is 2. The Morgan fingerprint density at radius 1 is 1.06 bits per heavy atom. The van der Waals surface area contributed by atoms with Crippen molar-refractivity contribution in [3.63, 3.8) is 0 Å². The number of methoxy groups -OCH3 is 1. The number of ether oxygens (including phenoxy) is 1. The average molecular weight is 415 g/mol. The van der Waals surface area contributed by atoms with E-state index in [0.717, 1.165) is 16.7 Å². The fraction of sp³-hybridized carbons (Fsp3) is 0.280. The van der Waals surface area contributed by atoms with E-state index in [1.54, 1.807) is 19.3 Å². The van der Waals surface area contributed by atoms with E-state index in [-0.39, 0.29) is 22.9 Å². The molecule has 0 bridgehead atoms. The largest absolute Gasteiger partial charge is 0.497 e. The number of carbonyl (C=O) groups excluding carboxylic acids is 2. The van der Waals surface area contributed by atoms with Crippen LogP contribution in [0.2, 0.25) is 0 Å². The molecule has 3 aliphatic rings. The third kappa shape index (κ3) is 2.71. The Kier molecular flexibility index (Phi) is 4.39. The van der Waals surface area contributed by atoms with E-state index in [2.05, 4.69) is 0 Å². The molecule has 5 atom stereocenters. The van der Waals surface area contributed by atoms with Crippen LogP contribution in [0.1, 0.15) is 23.5 Å². The summed E-state index contributed by atoms with van der Waals surface area (Å²) in [4.78, 5) is 37.8. The number of ketones is 2. The average Bonchev–Trinajstić information content (AvgIpc) is 3.24. The maximum Gasteiger partial charge on any atom is 0.225 e. The first-order valence-electron chi connectivity index (χ1n) is 10.3. The first-order valence-corrected chi connectivity index (χ1v) is 10.3. The number of benzene rings is 2. The molecular weight excluding hydrogens is 394 g/mol. The van der Waals surface area contributed by atoms with Crippen molar-refractivity contribution in [2.24, 2.45) is 17.3 Å². The molecule has 6 nitrogen and oxygen atoms in total. The highest BCUT2D eigenvalue weighted by molar-refractivity contribution is 6.09. The van der Waals surface area contributed by atoms with Crippen molar-refractivity contribution in [2.75, 3.05) is 7.11 Å². The summed E-state index contributed by atoms with van der Waals surface area (Å²) in [5.74, 6) is -1.37. The highest BCUT2D eigenvalue weighted by Crippen LogP contribution is 2.67. The van der Waals surface area contributed by atoms with Crippen LogP contribution in [0.5, 0.6) is 5.75 Å². The summed E-state index contributed by atoms with van der Waals surface area (Å²) in [6, 6.07) is 15.5. The topological polar surface area (TPSA) is 86.5 Å². The van der Waals surface area contributed by atoms with Crippen LogP contribution < -0.4 is 4.74 Å². The van der Waals surface area contributed by atoms with Gasteiger partial charge < -0.3 is 4.74 Å². The predicted molar refractivity (Wildman–Crippen MR) is 114 cm³/mol. The van der Waals surface area contributed by atoms with Gasteiger partial charge in [0, 0.05) is 28.6 Å². The Labute approximate surface area is 179 Å². The maximum absolute atomic E-state index is 13.4. The lowest BCUT2D eigenvalue weighted by atomic mass is 9.63. The monoisotopic (exact) mass is 415 g/mol. The fourth-order valence-electron chi connectivity index (χ4n) is 5.96. The highest BCUT2D eigenvalue weighted by atomic mass is 16.6. The molecule has 1 fully saturated rings. The number of rotatable bonds is 4. The highest BCUT2D eigenvalue weighted by Gasteiger charge is 2.70. The van der Waals surface area contributed by atoms with Crippen LogP contribution in [0.3, 0.4) is 0 Å². The van der Waals surface area contributed by atoms with Gasteiger partial charge in [-0.3, -0.25) is 19.7 Å². The van der Waals surface area contributed by atoms with Gasteiger partial charge in [-0.25, -0.2) is 0 Å². The Hall–Kier alpha value is -3.54. The molecule has 2 aromatic carbocycles. The molecule has 1 spiro atoms. The molecule has 156 valence electrons. The molecule has 0 saturated heterocycles. The summed E-state index contributed by atoms with van der Waals surface area (Å²) in [5, 5.41) is 12.3. The third-order valence-electron chi connectivity index (χ3n) is 7.12. The zero-order chi connectivity index (χ0) is 21.8. The van der Waals surface area contributed by atoms with Crippen LogP contribution in [0, 0.1) is 27.4 Å². The maximum atomic E-state index is 13.4. The van der Waals surface area contributed by atoms with E-state index in [1.807, 2.05) is 54.6 Å². The van der Waals surface area contributed by atoms with Crippen LogP contribution >= 0.6 is 0 Å². The molecule has 6 heteroatoms. The zero-order valence-corrected chi connectivity index (χ0v) is 16.9. The van der Waals surface area contributed by atoms with E-state index in [1.165, 1.54) is 6.08 Å². The Balaban J connectivity index is 1.73. The first kappa shape index (κ1) is 19.4. The van der Waals surface area contributed by atoms with Crippen LogP contribution in [-0.4, -0.2) is 29.6 Å². The number of hydrogen-bond donors (Lipinski definition) is 0. The predicted octanol–water partition coefficient (Wildman–Crippen LogP) is 3.85. The van der Waals surface area contributed by atoms with E-state index < -0.39 is 29.2 Å². The molecule has 31 heavy (non-hydrogen) atoms. The number of allylic oxidation sites excluding steroid dienone is 4. The normalized spacial score (nSPS) is 31.2. The van der Waals surface area contributed by atoms with Crippen molar-refractivity contribution in [2.45, 2.75) is 18.4 Å². The van der Waals surface area contributed by atoms with Gasteiger partial charge in [0.05, 0.1) is 13.0 Å². The number of nitro groups is 1. The van der Waals surface area contributed by atoms with Gasteiger partial charge in [-0.1, -0.05) is 48.5 Å². The number of nitrogens with zero attached hydrogens (tertiary/aromatic N) is 1. The second-order valence-electron chi connectivity index (χ2n) is 8.42. The lowest BCUT2D eigenvalue weighted by molar-refractivity contribution is -0.533. The SMILES string of the molecule is COc1ccc(C2=CC(=O)[C@@H]3[C@@H](c4ccccc4)[C@@H]([N+](=O)[O-])[C@H]4CC(=O)C=C[C@]243)cc1. The minimum atomic E-state index is -1.02. The third-order valence-corrected chi connectivity index (χ3v) is 7.12. The summed E-state index contributed by atoms with van der Waals surface area (Å²) >= 11 is 0. The smallest absolute Gasteiger partial charge is 0.225 e. The molecule has 0 N–H and O–H groups in total. The van der Waals surface area contributed by atoms with Crippen molar-refractivity contribution < 1.29 is 19.2 Å². The summed E-state index contributed by atoms with van der Waals surface area (Å²) < 4.78 is 5.25. The number of hydrogen-bond acceptors (Lipinski definition) is 5. The second-order valence-corrected chi connectivity index (χ2v) is 8.42. The van der Waals surface area contributed by atoms with Crippen LogP contribution in [0.4, 0.5) is 0 Å². The van der Waals surface area contributed by atoms with E-state index >= 15 is 0 Å². The molecule has 0 heterocycles. The Morgan fingerprint density at radius 2 is 1.77 bits per heavy atom. The van der Waals surface area contributed by atoms with Crippen molar-refractivity contribution in [3.8, 4) is 5.75 Å². The summed E-state index contributed by atoms with van der Waals surface area (Å²) in [6.07, 6.45) is 4.97. The Bertz CT molecular complexity index is 1130. The Morgan fingerprint density at radius 3 is 2.42 bits per heavy atom. The van der Waals surface area contributed by atoms with E-state index in [0.29, 0.717) is 5.75 Å². The van der Waals surface area contributed by atoms with Crippen LogP contribution in [0.25, 0.3) is 5.57 Å². The molecule has 0 radical (unpaired) electrons. The summed E-state index contributed by atoms with van der Waals surface area (Å²) in [6.45, 7) is 0. The quantitative estimate of drug-likeness (QED) is 0.559. The molecular formula is C25H21NO5. The molecule has 0 amide bonds. The van der Waals surface area contributed by atoms with Gasteiger partial charge in [-0.05, 0) is 41.0 Å². The van der Waals surface area contributed by atoms with Gasteiger partial charge in [0.25, 0.3) is 0 Å². The van der Waals surface area contributed by atoms with Gasteiger partial charge in [-0.2, -0.15) is 0 Å². The van der Waals surface area contributed by atoms with Crippen molar-refractivity contribution >= 4 is 17.1 Å². The molecule has 0 aromatic heterocycles. The van der Waals surface area contributed by atoms with Crippen molar-refractivity contribution in [1.82, 2.24) is 0 Å². The van der Waals surface area contributed by atoms with Gasteiger partial charge in [0.2, 0.25) is 6.04 Å². The minimum absolute atomic E-state index is 0.0583. The first-order chi connectivity index (χ1) is 15.0.